The quantitative estimate of drug-likeness (QED) is 0.572. The van der Waals surface area contributed by atoms with Crippen LogP contribution in [0, 0.1) is 11.8 Å². The van der Waals surface area contributed by atoms with Crippen molar-refractivity contribution in [1.29, 1.82) is 0 Å². The summed E-state index contributed by atoms with van der Waals surface area (Å²) >= 11 is 0. The van der Waals surface area contributed by atoms with Crippen molar-refractivity contribution in [2.24, 2.45) is 7.05 Å². The molecule has 2 aromatic heterocycles. The SMILES string of the molecule is C=CC(=O)Nc1cnc2c(c1)c(C#Cc1ccc3c(c1)CCC3)cn2C. The fourth-order valence-electron chi connectivity index (χ4n) is 3.41. The molecule has 1 N–H and O–H groups in total. The van der Waals surface area contributed by atoms with E-state index in [1.54, 1.807) is 6.20 Å². The zero-order chi connectivity index (χ0) is 18.1. The van der Waals surface area contributed by atoms with Crippen molar-refractivity contribution in [2.75, 3.05) is 5.32 Å². The summed E-state index contributed by atoms with van der Waals surface area (Å²) < 4.78 is 1.95. The number of pyridine rings is 1. The van der Waals surface area contributed by atoms with Gasteiger partial charge in [0.1, 0.15) is 5.65 Å². The van der Waals surface area contributed by atoms with Crippen molar-refractivity contribution < 1.29 is 4.79 Å². The molecule has 128 valence electrons. The first-order valence-corrected chi connectivity index (χ1v) is 8.66. The van der Waals surface area contributed by atoms with E-state index in [0.717, 1.165) is 28.6 Å². The smallest absolute Gasteiger partial charge is 0.247 e. The van der Waals surface area contributed by atoms with Gasteiger partial charge in [0.15, 0.2) is 0 Å². The van der Waals surface area contributed by atoms with Crippen LogP contribution in [0.3, 0.4) is 0 Å². The molecule has 26 heavy (non-hydrogen) atoms. The third-order valence-electron chi connectivity index (χ3n) is 4.71. The molecule has 0 saturated carbocycles. The van der Waals surface area contributed by atoms with Crippen molar-refractivity contribution in [3.63, 3.8) is 0 Å². The molecule has 1 aromatic carbocycles. The van der Waals surface area contributed by atoms with E-state index >= 15 is 0 Å². The average Bonchev–Trinajstić information content (AvgIpc) is 3.23. The third kappa shape index (κ3) is 3.00. The van der Waals surface area contributed by atoms with Gasteiger partial charge in [-0.3, -0.25) is 4.79 Å². The molecule has 0 atom stereocenters. The minimum Gasteiger partial charge on any atom is -0.334 e. The summed E-state index contributed by atoms with van der Waals surface area (Å²) in [6.07, 6.45) is 8.41. The number of hydrogen-bond acceptors (Lipinski definition) is 2. The van der Waals surface area contributed by atoms with Gasteiger partial charge in [0.2, 0.25) is 5.91 Å². The van der Waals surface area contributed by atoms with Crippen molar-refractivity contribution in [3.05, 3.63) is 71.6 Å². The maximum Gasteiger partial charge on any atom is 0.247 e. The summed E-state index contributed by atoms with van der Waals surface area (Å²) in [7, 11) is 1.94. The standard InChI is InChI=1S/C22H19N3O/c1-3-21(26)24-19-12-20-18(14-25(2)22(20)23-13-19)10-8-15-7-9-16-5-4-6-17(16)11-15/h3,7,9,11-14H,1,4-6H2,2H3,(H,24,26). The Morgan fingerprint density at radius 3 is 2.96 bits per heavy atom. The zero-order valence-corrected chi connectivity index (χ0v) is 14.7. The van der Waals surface area contributed by atoms with Gasteiger partial charge >= 0.3 is 0 Å². The van der Waals surface area contributed by atoms with Crippen LogP contribution in [0.5, 0.6) is 0 Å². The second kappa shape index (κ2) is 6.53. The molecule has 1 aliphatic rings. The van der Waals surface area contributed by atoms with Crippen molar-refractivity contribution in [1.82, 2.24) is 9.55 Å². The molecule has 0 radical (unpaired) electrons. The molecule has 0 fully saturated rings. The summed E-state index contributed by atoms with van der Waals surface area (Å²) in [5.74, 6) is 6.28. The van der Waals surface area contributed by atoms with Crippen molar-refractivity contribution in [3.8, 4) is 11.8 Å². The summed E-state index contributed by atoms with van der Waals surface area (Å²) in [5, 5.41) is 3.66. The molecule has 4 heteroatoms. The minimum atomic E-state index is -0.257. The first-order chi connectivity index (χ1) is 12.6. The maximum atomic E-state index is 11.5. The number of aromatic nitrogens is 2. The predicted octanol–water partition coefficient (Wildman–Crippen LogP) is 3.59. The highest BCUT2D eigenvalue weighted by Crippen LogP contribution is 2.24. The van der Waals surface area contributed by atoms with Gasteiger partial charge in [-0.1, -0.05) is 24.5 Å². The van der Waals surface area contributed by atoms with Crippen LogP contribution in [0.25, 0.3) is 11.0 Å². The molecule has 0 saturated heterocycles. The van der Waals surface area contributed by atoms with Gasteiger partial charge in [-0.05, 0) is 54.7 Å². The van der Waals surface area contributed by atoms with Crippen LogP contribution in [-0.4, -0.2) is 15.5 Å². The number of fused-ring (bicyclic) bond motifs is 2. The zero-order valence-electron chi connectivity index (χ0n) is 14.7. The molecule has 0 aliphatic heterocycles. The number of carbonyl (C=O) groups excluding carboxylic acids is 1. The molecule has 0 unspecified atom stereocenters. The van der Waals surface area contributed by atoms with E-state index in [-0.39, 0.29) is 5.91 Å². The Hall–Kier alpha value is -3.32. The van der Waals surface area contributed by atoms with E-state index in [0.29, 0.717) is 5.69 Å². The second-order valence-corrected chi connectivity index (χ2v) is 6.53. The molecule has 4 rings (SSSR count). The maximum absolute atomic E-state index is 11.5. The number of rotatable bonds is 2. The van der Waals surface area contributed by atoms with E-state index in [1.807, 2.05) is 23.9 Å². The molecule has 0 spiro atoms. The van der Waals surface area contributed by atoms with E-state index in [9.17, 15) is 4.79 Å². The fourth-order valence-corrected chi connectivity index (χ4v) is 3.41. The second-order valence-electron chi connectivity index (χ2n) is 6.53. The molecule has 0 bridgehead atoms. The lowest BCUT2D eigenvalue weighted by molar-refractivity contribution is -0.111. The van der Waals surface area contributed by atoms with Gasteiger partial charge < -0.3 is 9.88 Å². The third-order valence-corrected chi connectivity index (χ3v) is 4.71. The number of nitrogens with zero attached hydrogens (tertiary/aromatic N) is 2. The Morgan fingerprint density at radius 1 is 1.27 bits per heavy atom. The number of nitrogens with one attached hydrogen (secondary N) is 1. The highest BCUT2D eigenvalue weighted by atomic mass is 16.1. The normalized spacial score (nSPS) is 12.3. The molecule has 4 nitrogen and oxygen atoms in total. The van der Waals surface area contributed by atoms with Gasteiger partial charge in [-0.15, -0.1) is 0 Å². The van der Waals surface area contributed by atoms with E-state index < -0.39 is 0 Å². The lowest BCUT2D eigenvalue weighted by Gasteiger charge is -2.02. The van der Waals surface area contributed by atoms with Crippen LogP contribution < -0.4 is 5.32 Å². The molecule has 1 amide bonds. The van der Waals surface area contributed by atoms with Gasteiger partial charge in [0, 0.05) is 24.2 Å². The lowest BCUT2D eigenvalue weighted by atomic mass is 10.1. The Bertz CT molecular complexity index is 1100. The highest BCUT2D eigenvalue weighted by molar-refractivity contribution is 6.00. The topological polar surface area (TPSA) is 46.9 Å². The molecular weight excluding hydrogens is 322 g/mol. The van der Waals surface area contributed by atoms with E-state index in [1.165, 1.54) is 30.0 Å². The van der Waals surface area contributed by atoms with E-state index in [2.05, 4.69) is 46.9 Å². The first kappa shape index (κ1) is 16.2. The van der Waals surface area contributed by atoms with Crippen LogP contribution in [0.4, 0.5) is 5.69 Å². The van der Waals surface area contributed by atoms with Crippen LogP contribution in [0.1, 0.15) is 28.7 Å². The molecule has 1 aliphatic carbocycles. The van der Waals surface area contributed by atoms with Crippen LogP contribution in [0.2, 0.25) is 0 Å². The van der Waals surface area contributed by atoms with Crippen LogP contribution in [0.15, 0.2) is 49.3 Å². The Morgan fingerprint density at radius 2 is 2.12 bits per heavy atom. The largest absolute Gasteiger partial charge is 0.334 e. The van der Waals surface area contributed by atoms with Gasteiger partial charge in [0.25, 0.3) is 0 Å². The lowest BCUT2D eigenvalue weighted by Crippen LogP contribution is -2.07. The molecular formula is C22H19N3O. The number of aryl methyl sites for hydroxylation is 3. The van der Waals surface area contributed by atoms with Crippen molar-refractivity contribution >= 4 is 22.6 Å². The summed E-state index contributed by atoms with van der Waals surface area (Å²) in [6.45, 7) is 3.47. The predicted molar refractivity (Wildman–Crippen MR) is 104 cm³/mol. The minimum absolute atomic E-state index is 0.257. The molecule has 2 heterocycles. The Balaban J connectivity index is 1.71. The van der Waals surface area contributed by atoms with E-state index in [4.69, 9.17) is 0 Å². The van der Waals surface area contributed by atoms with Crippen LogP contribution in [-0.2, 0) is 24.7 Å². The highest BCUT2D eigenvalue weighted by Gasteiger charge is 2.11. The number of carbonyl (C=O) groups is 1. The number of anilines is 1. The number of benzene rings is 1. The summed E-state index contributed by atoms with van der Waals surface area (Å²) in [6, 6.07) is 8.39. The van der Waals surface area contributed by atoms with Gasteiger partial charge in [0.05, 0.1) is 17.4 Å². The average molecular weight is 341 g/mol. The number of hydrogen-bond donors (Lipinski definition) is 1. The summed E-state index contributed by atoms with van der Waals surface area (Å²) in [4.78, 5) is 16.0. The monoisotopic (exact) mass is 341 g/mol. The Kier molecular flexibility index (Phi) is 4.06. The van der Waals surface area contributed by atoms with Crippen molar-refractivity contribution in [2.45, 2.75) is 19.3 Å². The van der Waals surface area contributed by atoms with Gasteiger partial charge in [-0.25, -0.2) is 4.98 Å². The Labute approximate surface area is 152 Å². The number of amides is 1. The fraction of sp³-hybridized carbons (Fsp3) is 0.182. The summed E-state index contributed by atoms with van der Waals surface area (Å²) in [5.41, 5.74) is 6.27. The van der Waals surface area contributed by atoms with Crippen LogP contribution >= 0.6 is 0 Å². The molecule has 3 aromatic rings. The van der Waals surface area contributed by atoms with Gasteiger partial charge in [-0.2, -0.15) is 0 Å². The first-order valence-electron chi connectivity index (χ1n) is 8.66.